The molecule has 5 heteroatoms. The van der Waals surface area contributed by atoms with Crippen molar-refractivity contribution in [2.24, 2.45) is 0 Å². The molecule has 0 bridgehead atoms. The summed E-state index contributed by atoms with van der Waals surface area (Å²) in [5, 5.41) is 0.538. The van der Waals surface area contributed by atoms with Gasteiger partial charge in [-0.05, 0) is 42.0 Å². The van der Waals surface area contributed by atoms with Crippen LogP contribution in [0.4, 0.5) is 5.13 Å². The normalized spacial score (nSPS) is 10.4. The van der Waals surface area contributed by atoms with Crippen LogP contribution in [0.1, 0.15) is 0 Å². The number of hydrogen-bond donors (Lipinski definition) is 1. The number of pyridine rings is 1. The van der Waals surface area contributed by atoms with Crippen molar-refractivity contribution in [3.05, 3.63) is 48.7 Å². The second-order valence-corrected chi connectivity index (χ2v) is 5.20. The van der Waals surface area contributed by atoms with Gasteiger partial charge in [0, 0.05) is 6.20 Å². The van der Waals surface area contributed by atoms with Gasteiger partial charge in [-0.25, -0.2) is 4.98 Å². The number of ether oxygens (including phenoxy) is 1. The van der Waals surface area contributed by atoms with Crippen molar-refractivity contribution in [3.8, 4) is 27.6 Å². The van der Waals surface area contributed by atoms with E-state index >= 15 is 0 Å². The lowest BCUT2D eigenvalue weighted by Crippen LogP contribution is -1.87. The SMILES string of the molecule is COc1ccc(-c2sc(N)nc2-c2ccccn2)cc1. The third-order valence-corrected chi connectivity index (χ3v) is 3.84. The van der Waals surface area contributed by atoms with Crippen LogP contribution in [0.15, 0.2) is 48.7 Å². The Morgan fingerprint density at radius 3 is 2.55 bits per heavy atom. The van der Waals surface area contributed by atoms with E-state index in [1.807, 2.05) is 42.5 Å². The van der Waals surface area contributed by atoms with E-state index in [4.69, 9.17) is 10.5 Å². The van der Waals surface area contributed by atoms with Gasteiger partial charge in [0.15, 0.2) is 5.13 Å². The van der Waals surface area contributed by atoms with Gasteiger partial charge in [-0.2, -0.15) is 0 Å². The van der Waals surface area contributed by atoms with Gasteiger partial charge in [-0.3, -0.25) is 4.98 Å². The van der Waals surface area contributed by atoms with Crippen molar-refractivity contribution >= 4 is 16.5 Å². The Hall–Kier alpha value is -2.40. The van der Waals surface area contributed by atoms with Gasteiger partial charge in [0.1, 0.15) is 11.4 Å². The third-order valence-electron chi connectivity index (χ3n) is 2.90. The molecule has 0 aliphatic heterocycles. The summed E-state index contributed by atoms with van der Waals surface area (Å²) >= 11 is 1.46. The van der Waals surface area contributed by atoms with Gasteiger partial charge in [0.25, 0.3) is 0 Å². The van der Waals surface area contributed by atoms with Crippen LogP contribution in [0, 0.1) is 0 Å². The predicted molar refractivity (Wildman–Crippen MR) is 81.7 cm³/mol. The second-order valence-electron chi connectivity index (χ2n) is 4.17. The van der Waals surface area contributed by atoms with E-state index in [0.717, 1.165) is 27.6 Å². The molecule has 0 saturated heterocycles. The minimum atomic E-state index is 0.538. The molecule has 20 heavy (non-hydrogen) atoms. The Balaban J connectivity index is 2.09. The quantitative estimate of drug-likeness (QED) is 0.799. The zero-order valence-corrected chi connectivity index (χ0v) is 11.7. The standard InChI is InChI=1S/C15H13N3OS/c1-19-11-7-5-10(6-8-11)14-13(18-15(16)20-14)12-4-2-3-9-17-12/h2-9H,1H3,(H2,16,18). The summed E-state index contributed by atoms with van der Waals surface area (Å²) in [5.41, 5.74) is 8.56. The fourth-order valence-electron chi connectivity index (χ4n) is 1.95. The molecule has 2 N–H and O–H groups in total. The molecule has 0 radical (unpaired) electrons. The molecule has 3 rings (SSSR count). The lowest BCUT2D eigenvalue weighted by molar-refractivity contribution is 0.415. The molecule has 0 aliphatic carbocycles. The number of hydrogen-bond acceptors (Lipinski definition) is 5. The summed E-state index contributed by atoms with van der Waals surface area (Å²) in [7, 11) is 1.65. The van der Waals surface area contributed by atoms with Crippen molar-refractivity contribution in [2.45, 2.75) is 0 Å². The van der Waals surface area contributed by atoms with Crippen LogP contribution < -0.4 is 10.5 Å². The summed E-state index contributed by atoms with van der Waals surface area (Å²) in [6, 6.07) is 13.6. The maximum atomic E-state index is 5.87. The molecule has 4 nitrogen and oxygen atoms in total. The van der Waals surface area contributed by atoms with Crippen molar-refractivity contribution in [1.82, 2.24) is 9.97 Å². The number of thiazole rings is 1. The zero-order valence-electron chi connectivity index (χ0n) is 10.9. The minimum absolute atomic E-state index is 0.538. The first-order valence-electron chi connectivity index (χ1n) is 6.10. The summed E-state index contributed by atoms with van der Waals surface area (Å²) < 4.78 is 5.18. The average Bonchev–Trinajstić information content (AvgIpc) is 2.90. The smallest absolute Gasteiger partial charge is 0.181 e. The topological polar surface area (TPSA) is 61.0 Å². The molecule has 0 amide bonds. The van der Waals surface area contributed by atoms with Crippen LogP contribution in [0.5, 0.6) is 5.75 Å². The lowest BCUT2D eigenvalue weighted by Gasteiger charge is -2.03. The van der Waals surface area contributed by atoms with Crippen molar-refractivity contribution in [3.63, 3.8) is 0 Å². The molecule has 0 saturated carbocycles. The van der Waals surface area contributed by atoms with Crippen molar-refractivity contribution < 1.29 is 4.74 Å². The van der Waals surface area contributed by atoms with Crippen molar-refractivity contribution in [1.29, 1.82) is 0 Å². The first-order chi connectivity index (χ1) is 9.78. The van der Waals surface area contributed by atoms with E-state index in [1.165, 1.54) is 11.3 Å². The fraction of sp³-hybridized carbons (Fsp3) is 0.0667. The number of methoxy groups -OCH3 is 1. The van der Waals surface area contributed by atoms with Gasteiger partial charge in [0.05, 0.1) is 17.7 Å². The van der Waals surface area contributed by atoms with E-state index in [2.05, 4.69) is 9.97 Å². The molecular formula is C15H13N3OS. The zero-order chi connectivity index (χ0) is 13.9. The van der Waals surface area contributed by atoms with Crippen LogP contribution >= 0.6 is 11.3 Å². The molecule has 2 aromatic heterocycles. The number of benzene rings is 1. The van der Waals surface area contributed by atoms with Crippen LogP contribution in [0.2, 0.25) is 0 Å². The minimum Gasteiger partial charge on any atom is -0.497 e. The number of rotatable bonds is 3. The molecule has 1 aromatic carbocycles. The van der Waals surface area contributed by atoms with E-state index in [9.17, 15) is 0 Å². The Morgan fingerprint density at radius 1 is 1.10 bits per heavy atom. The Labute approximate surface area is 120 Å². The highest BCUT2D eigenvalue weighted by Gasteiger charge is 2.14. The van der Waals surface area contributed by atoms with Gasteiger partial charge in [0.2, 0.25) is 0 Å². The monoisotopic (exact) mass is 283 g/mol. The van der Waals surface area contributed by atoms with Gasteiger partial charge >= 0.3 is 0 Å². The molecule has 2 heterocycles. The Morgan fingerprint density at radius 2 is 1.90 bits per heavy atom. The fourth-order valence-corrected chi connectivity index (χ4v) is 2.80. The molecule has 100 valence electrons. The summed E-state index contributed by atoms with van der Waals surface area (Å²) in [6.07, 6.45) is 1.75. The molecule has 3 aromatic rings. The maximum Gasteiger partial charge on any atom is 0.181 e. The predicted octanol–water partition coefficient (Wildman–Crippen LogP) is 3.46. The first-order valence-corrected chi connectivity index (χ1v) is 6.91. The van der Waals surface area contributed by atoms with Crippen LogP contribution in [0.3, 0.4) is 0 Å². The molecule has 0 spiro atoms. The molecule has 0 aliphatic rings. The molecule has 0 fully saturated rings. The highest BCUT2D eigenvalue weighted by Crippen LogP contribution is 2.37. The van der Waals surface area contributed by atoms with Crippen LogP contribution in [-0.2, 0) is 0 Å². The third kappa shape index (κ3) is 2.35. The van der Waals surface area contributed by atoms with E-state index in [1.54, 1.807) is 13.3 Å². The number of nitrogen functional groups attached to an aromatic ring is 1. The number of aromatic nitrogens is 2. The highest BCUT2D eigenvalue weighted by atomic mass is 32.1. The highest BCUT2D eigenvalue weighted by molar-refractivity contribution is 7.19. The van der Waals surface area contributed by atoms with E-state index in [-0.39, 0.29) is 0 Å². The average molecular weight is 283 g/mol. The Bertz CT molecular complexity index is 708. The Kier molecular flexibility index (Phi) is 3.35. The number of nitrogens with two attached hydrogens (primary N) is 1. The second kappa shape index (κ2) is 5.30. The number of nitrogens with zero attached hydrogens (tertiary/aromatic N) is 2. The molecule has 0 atom stereocenters. The lowest BCUT2D eigenvalue weighted by atomic mass is 10.1. The maximum absolute atomic E-state index is 5.87. The van der Waals surface area contributed by atoms with E-state index in [0.29, 0.717) is 5.13 Å². The summed E-state index contributed by atoms with van der Waals surface area (Å²) in [5.74, 6) is 0.825. The van der Waals surface area contributed by atoms with Gasteiger partial charge in [-0.1, -0.05) is 17.4 Å². The molecule has 0 unspecified atom stereocenters. The molecular weight excluding hydrogens is 270 g/mol. The van der Waals surface area contributed by atoms with Gasteiger partial charge in [-0.15, -0.1) is 0 Å². The first kappa shape index (κ1) is 12.6. The largest absolute Gasteiger partial charge is 0.497 e. The van der Waals surface area contributed by atoms with Crippen LogP contribution in [-0.4, -0.2) is 17.1 Å². The summed E-state index contributed by atoms with van der Waals surface area (Å²) in [4.78, 5) is 9.77. The van der Waals surface area contributed by atoms with E-state index < -0.39 is 0 Å². The van der Waals surface area contributed by atoms with Gasteiger partial charge < -0.3 is 10.5 Å². The summed E-state index contributed by atoms with van der Waals surface area (Å²) in [6.45, 7) is 0. The van der Waals surface area contributed by atoms with Crippen LogP contribution in [0.25, 0.3) is 21.8 Å². The number of anilines is 1. The van der Waals surface area contributed by atoms with Crippen molar-refractivity contribution in [2.75, 3.05) is 12.8 Å².